The van der Waals surface area contributed by atoms with E-state index in [4.69, 9.17) is 0 Å². The number of rotatable bonds is 2. The number of benzene rings is 2. The van der Waals surface area contributed by atoms with Gasteiger partial charge in [0.15, 0.2) is 0 Å². The van der Waals surface area contributed by atoms with Crippen LogP contribution < -0.4 is 10.6 Å². The SMILES string of the molecule is Cc1ccc(C(=O)Nc2ccc3c(c2)NCCC3)c(O)c1. The van der Waals surface area contributed by atoms with Gasteiger partial charge in [0.1, 0.15) is 5.75 Å². The molecule has 4 heteroatoms. The zero-order chi connectivity index (χ0) is 14.8. The predicted molar refractivity (Wildman–Crippen MR) is 84.0 cm³/mol. The third kappa shape index (κ3) is 2.84. The molecule has 21 heavy (non-hydrogen) atoms. The molecule has 2 aromatic rings. The van der Waals surface area contributed by atoms with Crippen LogP contribution in [0.4, 0.5) is 11.4 Å². The molecule has 108 valence electrons. The highest BCUT2D eigenvalue weighted by molar-refractivity contribution is 6.06. The smallest absolute Gasteiger partial charge is 0.259 e. The summed E-state index contributed by atoms with van der Waals surface area (Å²) >= 11 is 0. The van der Waals surface area contributed by atoms with Crippen LogP contribution in [0.15, 0.2) is 36.4 Å². The molecule has 4 nitrogen and oxygen atoms in total. The van der Waals surface area contributed by atoms with Crippen LogP contribution in [0.2, 0.25) is 0 Å². The maximum Gasteiger partial charge on any atom is 0.259 e. The second kappa shape index (κ2) is 5.48. The lowest BCUT2D eigenvalue weighted by Crippen LogP contribution is -2.15. The minimum Gasteiger partial charge on any atom is -0.507 e. The first-order valence-electron chi connectivity index (χ1n) is 7.11. The van der Waals surface area contributed by atoms with Crippen molar-refractivity contribution in [2.75, 3.05) is 17.2 Å². The molecule has 1 amide bonds. The van der Waals surface area contributed by atoms with Crippen LogP contribution in [0.3, 0.4) is 0 Å². The van der Waals surface area contributed by atoms with Crippen molar-refractivity contribution in [3.8, 4) is 5.75 Å². The number of anilines is 2. The summed E-state index contributed by atoms with van der Waals surface area (Å²) in [5.74, 6) is -0.299. The largest absolute Gasteiger partial charge is 0.507 e. The Morgan fingerprint density at radius 1 is 1.24 bits per heavy atom. The topological polar surface area (TPSA) is 61.4 Å². The number of hydrogen-bond acceptors (Lipinski definition) is 3. The van der Waals surface area contributed by atoms with E-state index in [2.05, 4.69) is 10.6 Å². The Morgan fingerprint density at radius 2 is 2.10 bits per heavy atom. The Kier molecular flexibility index (Phi) is 3.52. The fourth-order valence-electron chi connectivity index (χ4n) is 2.57. The van der Waals surface area contributed by atoms with Crippen molar-refractivity contribution in [3.05, 3.63) is 53.1 Å². The lowest BCUT2D eigenvalue weighted by atomic mass is 10.0. The Hall–Kier alpha value is -2.49. The maximum absolute atomic E-state index is 12.2. The number of aromatic hydroxyl groups is 1. The van der Waals surface area contributed by atoms with Crippen molar-refractivity contribution in [2.24, 2.45) is 0 Å². The van der Waals surface area contributed by atoms with Crippen molar-refractivity contribution in [1.82, 2.24) is 0 Å². The highest BCUT2D eigenvalue weighted by Crippen LogP contribution is 2.26. The average Bonchev–Trinajstić information content (AvgIpc) is 2.47. The van der Waals surface area contributed by atoms with Crippen molar-refractivity contribution >= 4 is 17.3 Å². The summed E-state index contributed by atoms with van der Waals surface area (Å²) in [7, 11) is 0. The van der Waals surface area contributed by atoms with Crippen LogP contribution in [-0.2, 0) is 6.42 Å². The maximum atomic E-state index is 12.2. The van der Waals surface area contributed by atoms with E-state index < -0.39 is 0 Å². The number of carbonyl (C=O) groups is 1. The van der Waals surface area contributed by atoms with E-state index in [0.717, 1.165) is 36.3 Å². The standard InChI is InChI=1S/C17H18N2O2/c1-11-4-7-14(16(20)9-11)17(21)19-13-6-5-12-3-2-8-18-15(12)10-13/h4-7,9-10,18,20H,2-3,8H2,1H3,(H,19,21). The zero-order valence-corrected chi connectivity index (χ0v) is 11.9. The molecule has 0 radical (unpaired) electrons. The Morgan fingerprint density at radius 3 is 2.90 bits per heavy atom. The Labute approximate surface area is 123 Å². The van der Waals surface area contributed by atoms with Crippen LogP contribution in [0, 0.1) is 6.92 Å². The van der Waals surface area contributed by atoms with Gasteiger partial charge in [0.05, 0.1) is 5.56 Å². The molecule has 0 unspecified atom stereocenters. The molecule has 0 saturated heterocycles. The normalized spacial score (nSPS) is 13.2. The lowest BCUT2D eigenvalue weighted by molar-refractivity contribution is 0.102. The van der Waals surface area contributed by atoms with Crippen LogP contribution in [-0.4, -0.2) is 17.6 Å². The van der Waals surface area contributed by atoms with Gasteiger partial charge in [-0.25, -0.2) is 0 Å². The number of aryl methyl sites for hydroxylation is 2. The molecule has 3 N–H and O–H groups in total. The van der Waals surface area contributed by atoms with Gasteiger partial charge in [-0.2, -0.15) is 0 Å². The third-order valence-corrected chi connectivity index (χ3v) is 3.70. The van der Waals surface area contributed by atoms with E-state index in [-0.39, 0.29) is 17.2 Å². The number of carbonyl (C=O) groups excluding carboxylic acids is 1. The number of fused-ring (bicyclic) bond motifs is 1. The van der Waals surface area contributed by atoms with Gasteiger partial charge >= 0.3 is 0 Å². The second-order valence-electron chi connectivity index (χ2n) is 5.38. The minimum atomic E-state index is -0.303. The summed E-state index contributed by atoms with van der Waals surface area (Å²) in [6.45, 7) is 2.83. The monoisotopic (exact) mass is 282 g/mol. The van der Waals surface area contributed by atoms with Gasteiger partial charge in [0, 0.05) is 17.9 Å². The quantitative estimate of drug-likeness (QED) is 0.792. The van der Waals surface area contributed by atoms with Crippen LogP contribution in [0.25, 0.3) is 0 Å². The van der Waals surface area contributed by atoms with Gasteiger partial charge in [-0.15, -0.1) is 0 Å². The van der Waals surface area contributed by atoms with Crippen molar-refractivity contribution in [1.29, 1.82) is 0 Å². The Balaban J connectivity index is 1.81. The summed E-state index contributed by atoms with van der Waals surface area (Å²) in [6.07, 6.45) is 2.20. The van der Waals surface area contributed by atoms with Crippen molar-refractivity contribution in [3.63, 3.8) is 0 Å². The molecule has 0 aliphatic carbocycles. The number of hydrogen-bond donors (Lipinski definition) is 3. The Bertz CT molecular complexity index is 695. The first kappa shape index (κ1) is 13.5. The number of amides is 1. The minimum absolute atomic E-state index is 0.00332. The third-order valence-electron chi connectivity index (χ3n) is 3.70. The highest BCUT2D eigenvalue weighted by Gasteiger charge is 2.13. The van der Waals surface area contributed by atoms with Gasteiger partial charge in [0.25, 0.3) is 5.91 Å². The summed E-state index contributed by atoms with van der Waals surface area (Å²) in [5, 5.41) is 16.0. The molecule has 0 fully saturated rings. The van der Waals surface area contributed by atoms with Gasteiger partial charge in [0.2, 0.25) is 0 Å². The first-order chi connectivity index (χ1) is 10.1. The van der Waals surface area contributed by atoms with E-state index in [1.54, 1.807) is 12.1 Å². The second-order valence-corrected chi connectivity index (χ2v) is 5.38. The molecule has 0 spiro atoms. The van der Waals surface area contributed by atoms with Gasteiger partial charge in [-0.3, -0.25) is 4.79 Å². The molecule has 0 aromatic heterocycles. The molecule has 0 atom stereocenters. The predicted octanol–water partition coefficient (Wildman–Crippen LogP) is 3.31. The molecule has 1 aliphatic heterocycles. The summed E-state index contributed by atoms with van der Waals surface area (Å²) in [6, 6.07) is 10.9. The first-order valence-corrected chi connectivity index (χ1v) is 7.11. The number of phenolic OH excluding ortho intramolecular Hbond substituents is 1. The highest BCUT2D eigenvalue weighted by atomic mass is 16.3. The lowest BCUT2D eigenvalue weighted by Gasteiger charge is -2.19. The van der Waals surface area contributed by atoms with E-state index in [1.165, 1.54) is 5.56 Å². The van der Waals surface area contributed by atoms with Crippen LogP contribution in [0.5, 0.6) is 5.75 Å². The molecule has 0 saturated carbocycles. The number of nitrogens with one attached hydrogen (secondary N) is 2. The molecular formula is C17H18N2O2. The molecule has 0 bridgehead atoms. The number of phenols is 1. The van der Waals surface area contributed by atoms with E-state index in [0.29, 0.717) is 0 Å². The summed E-state index contributed by atoms with van der Waals surface area (Å²) < 4.78 is 0. The fourth-order valence-corrected chi connectivity index (χ4v) is 2.57. The van der Waals surface area contributed by atoms with Gasteiger partial charge in [-0.05, 0) is 55.2 Å². The molecular weight excluding hydrogens is 264 g/mol. The summed E-state index contributed by atoms with van der Waals surface area (Å²) in [5.41, 5.74) is 4.28. The molecule has 2 aromatic carbocycles. The molecule has 3 rings (SSSR count). The summed E-state index contributed by atoms with van der Waals surface area (Å²) in [4.78, 5) is 12.2. The molecule has 1 aliphatic rings. The van der Waals surface area contributed by atoms with Crippen molar-refractivity contribution < 1.29 is 9.90 Å². The van der Waals surface area contributed by atoms with Crippen LogP contribution >= 0.6 is 0 Å². The zero-order valence-electron chi connectivity index (χ0n) is 11.9. The van der Waals surface area contributed by atoms with E-state index in [1.807, 2.05) is 31.2 Å². The fraction of sp³-hybridized carbons (Fsp3) is 0.235. The average molecular weight is 282 g/mol. The van der Waals surface area contributed by atoms with Gasteiger partial charge < -0.3 is 15.7 Å². The van der Waals surface area contributed by atoms with Crippen molar-refractivity contribution in [2.45, 2.75) is 19.8 Å². The van der Waals surface area contributed by atoms with Crippen LogP contribution in [0.1, 0.15) is 27.9 Å². The molecule has 1 heterocycles. The van der Waals surface area contributed by atoms with E-state index in [9.17, 15) is 9.90 Å². The van der Waals surface area contributed by atoms with E-state index >= 15 is 0 Å². The van der Waals surface area contributed by atoms with Gasteiger partial charge in [-0.1, -0.05) is 12.1 Å².